The van der Waals surface area contributed by atoms with Gasteiger partial charge in [0.15, 0.2) is 0 Å². The number of pyridine rings is 1. The predicted molar refractivity (Wildman–Crippen MR) is 68.5 cm³/mol. The van der Waals surface area contributed by atoms with Gasteiger partial charge in [-0.25, -0.2) is 4.98 Å². The van der Waals surface area contributed by atoms with E-state index in [4.69, 9.17) is 11.6 Å². The van der Waals surface area contributed by atoms with Crippen molar-refractivity contribution < 1.29 is 0 Å². The maximum absolute atomic E-state index is 5.79. The molecule has 76 valence electrons. The van der Waals surface area contributed by atoms with E-state index in [1.807, 2.05) is 12.1 Å². The van der Waals surface area contributed by atoms with Gasteiger partial charge in [-0.3, -0.25) is 0 Å². The molecule has 1 saturated heterocycles. The van der Waals surface area contributed by atoms with Gasteiger partial charge in [0.25, 0.3) is 0 Å². The molecule has 1 aromatic heterocycles. The number of aromatic nitrogens is 1. The summed E-state index contributed by atoms with van der Waals surface area (Å²) in [6.45, 7) is 2.23. The maximum atomic E-state index is 5.79. The van der Waals surface area contributed by atoms with Crippen LogP contribution in [0.4, 0.5) is 5.82 Å². The van der Waals surface area contributed by atoms with Crippen LogP contribution in [-0.2, 0) is 0 Å². The van der Waals surface area contributed by atoms with Gasteiger partial charge in [-0.1, -0.05) is 34.2 Å². The Balaban J connectivity index is 2.05. The van der Waals surface area contributed by atoms with E-state index in [9.17, 15) is 0 Å². The Morgan fingerprint density at radius 1 is 1.36 bits per heavy atom. The summed E-state index contributed by atoms with van der Waals surface area (Å²) >= 11 is 8.31. The molecule has 2 nitrogen and oxygen atoms in total. The Bertz CT molecular complexity index is 293. The predicted octanol–water partition coefficient (Wildman–Crippen LogP) is 3.14. The van der Waals surface area contributed by atoms with E-state index in [-0.39, 0.29) is 0 Å². The Hall–Kier alpha value is -0.0300. The van der Waals surface area contributed by atoms with Crippen LogP contribution < -0.4 is 4.90 Å². The lowest BCUT2D eigenvalue weighted by molar-refractivity contribution is 0.600. The molecule has 1 aliphatic rings. The molecule has 1 fully saturated rings. The molecule has 0 aromatic carbocycles. The highest BCUT2D eigenvalue weighted by Crippen LogP contribution is 2.22. The molecule has 0 saturated carbocycles. The van der Waals surface area contributed by atoms with Crippen molar-refractivity contribution in [3.63, 3.8) is 0 Å². The zero-order chi connectivity index (χ0) is 9.97. The molecule has 2 heterocycles. The molecule has 0 atom stereocenters. The van der Waals surface area contributed by atoms with Gasteiger partial charge in [0.1, 0.15) is 5.82 Å². The summed E-state index contributed by atoms with van der Waals surface area (Å²) < 4.78 is 0.830. The Morgan fingerprint density at radius 2 is 2.07 bits per heavy atom. The molecule has 2 rings (SSSR count). The van der Waals surface area contributed by atoms with Gasteiger partial charge in [0, 0.05) is 23.2 Å². The van der Waals surface area contributed by atoms with Crippen LogP contribution >= 0.6 is 34.2 Å². The molecule has 0 amide bonds. The third-order valence-corrected chi connectivity index (χ3v) is 3.93. The molecule has 14 heavy (non-hydrogen) atoms. The number of halogens is 2. The maximum Gasteiger partial charge on any atom is 0.128 e. The Kier molecular flexibility index (Phi) is 3.49. The standard InChI is InChI=1S/C10H12ClIN2/c11-8-1-2-10(13-7-8)14-5-3-9(12)4-6-14/h1-2,7,9H,3-6H2. The third kappa shape index (κ3) is 2.51. The van der Waals surface area contributed by atoms with E-state index in [2.05, 4.69) is 32.5 Å². The minimum absolute atomic E-state index is 0.706. The first-order chi connectivity index (χ1) is 6.75. The van der Waals surface area contributed by atoms with Gasteiger partial charge >= 0.3 is 0 Å². The van der Waals surface area contributed by atoms with E-state index < -0.39 is 0 Å². The van der Waals surface area contributed by atoms with Crippen LogP contribution in [0.2, 0.25) is 5.02 Å². The van der Waals surface area contributed by atoms with Gasteiger partial charge in [-0.15, -0.1) is 0 Å². The number of piperidine rings is 1. The van der Waals surface area contributed by atoms with E-state index in [1.165, 1.54) is 12.8 Å². The molecule has 0 bridgehead atoms. The number of alkyl halides is 1. The SMILES string of the molecule is Clc1ccc(N2CCC(I)CC2)nc1. The normalized spacial score (nSPS) is 18.6. The van der Waals surface area contributed by atoms with Crippen LogP contribution in [0.3, 0.4) is 0 Å². The first kappa shape index (κ1) is 10.5. The van der Waals surface area contributed by atoms with E-state index in [0.29, 0.717) is 5.02 Å². The molecule has 1 aliphatic heterocycles. The van der Waals surface area contributed by atoms with Crippen LogP contribution in [0.5, 0.6) is 0 Å². The first-order valence-electron chi connectivity index (χ1n) is 4.76. The van der Waals surface area contributed by atoms with Crippen LogP contribution in [0.1, 0.15) is 12.8 Å². The Labute approximate surface area is 103 Å². The van der Waals surface area contributed by atoms with Gasteiger partial charge in [-0.05, 0) is 25.0 Å². The highest BCUT2D eigenvalue weighted by molar-refractivity contribution is 14.1. The minimum Gasteiger partial charge on any atom is -0.357 e. The third-order valence-electron chi connectivity index (χ3n) is 2.46. The first-order valence-corrected chi connectivity index (χ1v) is 6.38. The molecule has 0 unspecified atom stereocenters. The van der Waals surface area contributed by atoms with Gasteiger partial charge in [0.05, 0.1) is 5.02 Å². The lowest BCUT2D eigenvalue weighted by atomic mass is 10.1. The summed E-state index contributed by atoms with van der Waals surface area (Å²) in [6, 6.07) is 3.90. The van der Waals surface area contributed by atoms with Gasteiger partial charge < -0.3 is 4.90 Å². The minimum atomic E-state index is 0.706. The number of hydrogen-bond donors (Lipinski definition) is 0. The largest absolute Gasteiger partial charge is 0.357 e. The second kappa shape index (κ2) is 4.66. The number of hydrogen-bond acceptors (Lipinski definition) is 2. The molecule has 4 heteroatoms. The van der Waals surface area contributed by atoms with Crippen molar-refractivity contribution >= 4 is 40.0 Å². The van der Waals surface area contributed by atoms with Crippen LogP contribution in [-0.4, -0.2) is 22.0 Å². The molecule has 0 spiro atoms. The summed E-state index contributed by atoms with van der Waals surface area (Å²) in [4.78, 5) is 6.64. The van der Waals surface area contributed by atoms with Crippen molar-refractivity contribution in [1.82, 2.24) is 4.98 Å². The average Bonchev–Trinajstić information content (AvgIpc) is 2.21. The summed E-state index contributed by atoms with van der Waals surface area (Å²) in [5.41, 5.74) is 0. The van der Waals surface area contributed by atoms with Gasteiger partial charge in [0.2, 0.25) is 0 Å². The van der Waals surface area contributed by atoms with Crippen molar-refractivity contribution in [3.05, 3.63) is 23.4 Å². The average molecular weight is 323 g/mol. The van der Waals surface area contributed by atoms with Crippen LogP contribution in [0.25, 0.3) is 0 Å². The highest BCUT2D eigenvalue weighted by atomic mass is 127. The molecule has 0 radical (unpaired) electrons. The molecular weight excluding hydrogens is 310 g/mol. The molecule has 1 aromatic rings. The smallest absolute Gasteiger partial charge is 0.128 e. The number of nitrogens with zero attached hydrogens (tertiary/aromatic N) is 2. The fourth-order valence-electron chi connectivity index (χ4n) is 1.63. The summed E-state index contributed by atoms with van der Waals surface area (Å²) in [5, 5.41) is 0.706. The molecule has 0 N–H and O–H groups in total. The van der Waals surface area contributed by atoms with E-state index in [0.717, 1.165) is 22.8 Å². The fraction of sp³-hybridized carbons (Fsp3) is 0.500. The zero-order valence-electron chi connectivity index (χ0n) is 7.79. The second-order valence-electron chi connectivity index (χ2n) is 3.50. The highest BCUT2D eigenvalue weighted by Gasteiger charge is 2.17. The van der Waals surface area contributed by atoms with Crippen molar-refractivity contribution in [2.24, 2.45) is 0 Å². The quantitative estimate of drug-likeness (QED) is 0.583. The number of rotatable bonds is 1. The Morgan fingerprint density at radius 3 is 2.64 bits per heavy atom. The fourth-order valence-corrected chi connectivity index (χ4v) is 2.30. The van der Waals surface area contributed by atoms with Crippen LogP contribution in [0.15, 0.2) is 18.3 Å². The lowest BCUT2D eigenvalue weighted by Gasteiger charge is -2.30. The zero-order valence-corrected chi connectivity index (χ0v) is 10.7. The summed E-state index contributed by atoms with van der Waals surface area (Å²) in [6.07, 6.45) is 4.22. The van der Waals surface area contributed by atoms with Crippen molar-refractivity contribution in [1.29, 1.82) is 0 Å². The molecule has 0 aliphatic carbocycles. The van der Waals surface area contributed by atoms with Crippen LogP contribution in [0, 0.1) is 0 Å². The van der Waals surface area contributed by atoms with Crippen molar-refractivity contribution in [2.75, 3.05) is 18.0 Å². The summed E-state index contributed by atoms with van der Waals surface area (Å²) in [5.74, 6) is 1.05. The van der Waals surface area contributed by atoms with Crippen molar-refractivity contribution in [3.8, 4) is 0 Å². The second-order valence-corrected chi connectivity index (χ2v) is 5.69. The lowest BCUT2D eigenvalue weighted by Crippen LogP contribution is -2.34. The van der Waals surface area contributed by atoms with E-state index >= 15 is 0 Å². The van der Waals surface area contributed by atoms with Crippen molar-refractivity contribution in [2.45, 2.75) is 16.8 Å². The van der Waals surface area contributed by atoms with Gasteiger partial charge in [-0.2, -0.15) is 0 Å². The summed E-state index contributed by atoms with van der Waals surface area (Å²) in [7, 11) is 0. The molecular formula is C10H12ClIN2. The number of anilines is 1. The monoisotopic (exact) mass is 322 g/mol. The van der Waals surface area contributed by atoms with E-state index in [1.54, 1.807) is 6.20 Å². The topological polar surface area (TPSA) is 16.1 Å².